The van der Waals surface area contributed by atoms with Crippen molar-refractivity contribution >= 4 is 16.8 Å². The predicted molar refractivity (Wildman–Crippen MR) is 82.8 cm³/mol. The number of hydrogen-bond donors (Lipinski definition) is 1. The van der Waals surface area contributed by atoms with Crippen LogP contribution in [0.15, 0.2) is 16.5 Å². The Kier molecular flexibility index (Phi) is 3.68. The van der Waals surface area contributed by atoms with Crippen LogP contribution in [0.4, 0.5) is 5.69 Å². The van der Waals surface area contributed by atoms with E-state index in [9.17, 15) is 0 Å². The Balaban J connectivity index is 1.95. The van der Waals surface area contributed by atoms with Crippen LogP contribution in [-0.2, 0) is 6.42 Å². The second-order valence-corrected chi connectivity index (χ2v) is 6.52. The normalized spacial score (nSPS) is 17.1. The first-order chi connectivity index (χ1) is 9.63. The van der Waals surface area contributed by atoms with Gasteiger partial charge in [-0.15, -0.1) is 0 Å². The fraction of sp³-hybridized carbons (Fsp3) is 0.588. The van der Waals surface area contributed by atoms with Gasteiger partial charge in [0.05, 0.1) is 5.69 Å². The summed E-state index contributed by atoms with van der Waals surface area (Å²) in [6, 6.07) is 4.18. The summed E-state index contributed by atoms with van der Waals surface area (Å²) in [5, 5.41) is 0. The van der Waals surface area contributed by atoms with Crippen molar-refractivity contribution < 1.29 is 4.42 Å². The Labute approximate surface area is 120 Å². The number of nitrogens with two attached hydrogens (primary N) is 1. The van der Waals surface area contributed by atoms with Crippen molar-refractivity contribution in [1.82, 2.24) is 4.98 Å². The number of fused-ring (bicyclic) bond motifs is 1. The molecule has 108 valence electrons. The molecule has 2 aromatic rings. The number of nitrogens with zero attached hydrogens (tertiary/aromatic N) is 1. The van der Waals surface area contributed by atoms with Crippen LogP contribution < -0.4 is 5.73 Å². The zero-order valence-corrected chi connectivity index (χ0v) is 12.5. The zero-order valence-electron chi connectivity index (χ0n) is 12.5. The topological polar surface area (TPSA) is 52.0 Å². The van der Waals surface area contributed by atoms with E-state index in [0.29, 0.717) is 11.8 Å². The third-order valence-electron chi connectivity index (χ3n) is 4.19. The van der Waals surface area contributed by atoms with E-state index in [2.05, 4.69) is 19.9 Å². The highest BCUT2D eigenvalue weighted by Crippen LogP contribution is 2.35. The number of hydrogen-bond acceptors (Lipinski definition) is 3. The molecule has 0 saturated heterocycles. The molecule has 3 rings (SSSR count). The second-order valence-electron chi connectivity index (χ2n) is 6.52. The fourth-order valence-electron chi connectivity index (χ4n) is 3.25. The van der Waals surface area contributed by atoms with Gasteiger partial charge in [-0.2, -0.15) is 0 Å². The molecule has 1 aliphatic carbocycles. The predicted octanol–water partition coefficient (Wildman–Crippen LogP) is 4.66. The molecule has 0 unspecified atom stereocenters. The lowest BCUT2D eigenvalue weighted by Gasteiger charge is -2.17. The Morgan fingerprint density at radius 1 is 1.25 bits per heavy atom. The van der Waals surface area contributed by atoms with Gasteiger partial charge in [0.2, 0.25) is 0 Å². The molecule has 1 heterocycles. The number of benzene rings is 1. The number of oxazole rings is 1. The summed E-state index contributed by atoms with van der Waals surface area (Å²) < 4.78 is 5.96. The van der Waals surface area contributed by atoms with Crippen LogP contribution in [0.5, 0.6) is 0 Å². The fourth-order valence-corrected chi connectivity index (χ4v) is 3.25. The first-order valence-electron chi connectivity index (χ1n) is 7.82. The third kappa shape index (κ3) is 2.67. The van der Waals surface area contributed by atoms with Gasteiger partial charge >= 0.3 is 0 Å². The smallest absolute Gasteiger partial charge is 0.198 e. The molecule has 0 radical (unpaired) electrons. The van der Waals surface area contributed by atoms with Crippen LogP contribution in [0, 0.1) is 5.92 Å². The Bertz CT molecular complexity index is 594. The van der Waals surface area contributed by atoms with Crippen LogP contribution in [0.2, 0.25) is 0 Å². The maximum atomic E-state index is 6.14. The minimum atomic E-state index is 0.490. The lowest BCUT2D eigenvalue weighted by molar-refractivity contribution is 0.373. The van der Waals surface area contributed by atoms with Gasteiger partial charge in [-0.1, -0.05) is 33.1 Å². The van der Waals surface area contributed by atoms with Crippen molar-refractivity contribution in [3.05, 3.63) is 23.6 Å². The average Bonchev–Trinajstić information content (AvgIpc) is 2.83. The Morgan fingerprint density at radius 2 is 2.00 bits per heavy atom. The molecule has 0 aliphatic heterocycles. The molecular weight excluding hydrogens is 248 g/mol. The first-order valence-corrected chi connectivity index (χ1v) is 7.82. The molecule has 1 aliphatic rings. The van der Waals surface area contributed by atoms with E-state index in [1.165, 1.54) is 37.7 Å². The van der Waals surface area contributed by atoms with Gasteiger partial charge in [0, 0.05) is 5.92 Å². The quantitative estimate of drug-likeness (QED) is 0.827. The van der Waals surface area contributed by atoms with Gasteiger partial charge in [0.1, 0.15) is 5.52 Å². The number of anilines is 1. The van der Waals surface area contributed by atoms with Gasteiger partial charge in [0.25, 0.3) is 0 Å². The summed E-state index contributed by atoms with van der Waals surface area (Å²) in [5.74, 6) is 2.01. The summed E-state index contributed by atoms with van der Waals surface area (Å²) in [5.41, 5.74) is 9.84. The van der Waals surface area contributed by atoms with Crippen LogP contribution >= 0.6 is 0 Å². The van der Waals surface area contributed by atoms with Gasteiger partial charge in [-0.05, 0) is 42.9 Å². The molecule has 0 atom stereocenters. The standard InChI is InChI=1S/C17H24N2O/c1-11(2)8-12-9-14(18)16-15(10-12)19-17(20-16)13-6-4-3-5-7-13/h9-11,13H,3-8,18H2,1-2H3. The zero-order chi connectivity index (χ0) is 14.1. The number of aromatic nitrogens is 1. The molecule has 0 amide bonds. The molecule has 1 aromatic heterocycles. The van der Waals surface area contributed by atoms with E-state index in [4.69, 9.17) is 15.1 Å². The van der Waals surface area contributed by atoms with E-state index >= 15 is 0 Å². The molecule has 0 bridgehead atoms. The molecule has 0 spiro atoms. The summed E-state index contributed by atoms with van der Waals surface area (Å²) in [6.07, 6.45) is 7.36. The van der Waals surface area contributed by atoms with Crippen molar-refractivity contribution in [2.45, 2.75) is 58.3 Å². The molecule has 3 heteroatoms. The van der Waals surface area contributed by atoms with E-state index < -0.39 is 0 Å². The second kappa shape index (κ2) is 5.47. The summed E-state index contributed by atoms with van der Waals surface area (Å²) in [4.78, 5) is 4.72. The highest BCUT2D eigenvalue weighted by atomic mass is 16.3. The Hall–Kier alpha value is -1.51. The number of nitrogen functional groups attached to an aromatic ring is 1. The highest BCUT2D eigenvalue weighted by molar-refractivity contribution is 5.85. The highest BCUT2D eigenvalue weighted by Gasteiger charge is 2.21. The summed E-state index contributed by atoms with van der Waals surface area (Å²) >= 11 is 0. The van der Waals surface area contributed by atoms with Crippen molar-refractivity contribution in [1.29, 1.82) is 0 Å². The molecule has 1 aromatic carbocycles. The van der Waals surface area contributed by atoms with Crippen molar-refractivity contribution in [2.24, 2.45) is 5.92 Å². The summed E-state index contributed by atoms with van der Waals surface area (Å²) in [6.45, 7) is 4.44. The minimum Gasteiger partial charge on any atom is -0.438 e. The molecule has 2 N–H and O–H groups in total. The third-order valence-corrected chi connectivity index (χ3v) is 4.19. The monoisotopic (exact) mass is 272 g/mol. The Morgan fingerprint density at radius 3 is 2.70 bits per heavy atom. The first kappa shape index (κ1) is 13.5. The van der Waals surface area contributed by atoms with Crippen molar-refractivity contribution in [2.75, 3.05) is 5.73 Å². The lowest BCUT2D eigenvalue weighted by Crippen LogP contribution is -2.04. The maximum absolute atomic E-state index is 6.14. The van der Waals surface area contributed by atoms with E-state index in [1.807, 2.05) is 6.07 Å². The van der Waals surface area contributed by atoms with Gasteiger partial charge in [-0.25, -0.2) is 4.98 Å². The average molecular weight is 272 g/mol. The minimum absolute atomic E-state index is 0.490. The molecule has 1 saturated carbocycles. The molecular formula is C17H24N2O. The molecule has 20 heavy (non-hydrogen) atoms. The van der Waals surface area contributed by atoms with Gasteiger partial charge < -0.3 is 10.2 Å². The summed E-state index contributed by atoms with van der Waals surface area (Å²) in [7, 11) is 0. The van der Waals surface area contributed by atoms with E-state index in [1.54, 1.807) is 0 Å². The van der Waals surface area contributed by atoms with E-state index in [0.717, 1.165) is 29.1 Å². The van der Waals surface area contributed by atoms with Gasteiger partial charge in [0.15, 0.2) is 11.5 Å². The van der Waals surface area contributed by atoms with Crippen molar-refractivity contribution in [3.63, 3.8) is 0 Å². The number of rotatable bonds is 3. The van der Waals surface area contributed by atoms with Crippen LogP contribution in [-0.4, -0.2) is 4.98 Å². The van der Waals surface area contributed by atoms with E-state index in [-0.39, 0.29) is 0 Å². The van der Waals surface area contributed by atoms with Gasteiger partial charge in [-0.3, -0.25) is 0 Å². The molecule has 1 fully saturated rings. The van der Waals surface area contributed by atoms with Crippen LogP contribution in [0.25, 0.3) is 11.1 Å². The SMILES string of the molecule is CC(C)Cc1cc(N)c2oc(C3CCCCC3)nc2c1. The van der Waals surface area contributed by atoms with Crippen LogP contribution in [0.3, 0.4) is 0 Å². The van der Waals surface area contributed by atoms with Crippen molar-refractivity contribution in [3.8, 4) is 0 Å². The lowest BCUT2D eigenvalue weighted by atomic mass is 9.89. The van der Waals surface area contributed by atoms with Crippen LogP contribution in [0.1, 0.15) is 63.3 Å². The maximum Gasteiger partial charge on any atom is 0.198 e. The molecule has 3 nitrogen and oxygen atoms in total. The largest absolute Gasteiger partial charge is 0.438 e.